The van der Waals surface area contributed by atoms with Crippen LogP contribution in [0.2, 0.25) is 0 Å². The van der Waals surface area contributed by atoms with Gasteiger partial charge in [-0.1, -0.05) is 85.8 Å². The van der Waals surface area contributed by atoms with Crippen molar-refractivity contribution in [3.63, 3.8) is 0 Å². The van der Waals surface area contributed by atoms with Crippen molar-refractivity contribution in [1.82, 2.24) is 0 Å². The predicted molar refractivity (Wildman–Crippen MR) is 115 cm³/mol. The van der Waals surface area contributed by atoms with Crippen LogP contribution >= 0.6 is 0 Å². The molecule has 0 spiro atoms. The Hall–Kier alpha value is -2.46. The van der Waals surface area contributed by atoms with Crippen LogP contribution in [0.15, 0.2) is 78.9 Å². The summed E-state index contributed by atoms with van der Waals surface area (Å²) in [6.45, 7) is 2.03. The van der Waals surface area contributed by atoms with Crippen LogP contribution in [0.25, 0.3) is 0 Å². The molecule has 0 saturated carbocycles. The molecule has 1 N–H and O–H groups in total. The van der Waals surface area contributed by atoms with Crippen LogP contribution in [-0.2, 0) is 27.3 Å². The first-order valence-corrected chi connectivity index (χ1v) is 10.2. The average Bonchev–Trinajstić information content (AvgIpc) is 3.10. The molecule has 2 atom stereocenters. The van der Waals surface area contributed by atoms with E-state index in [0.29, 0.717) is 6.42 Å². The minimum atomic E-state index is -1.17. The molecule has 0 aliphatic heterocycles. The molecule has 3 aromatic carbocycles. The zero-order chi connectivity index (χ0) is 20.5. The smallest absolute Gasteiger partial charge is 0.194 e. The molecule has 0 aromatic heterocycles. The topological polar surface area (TPSA) is 38.7 Å². The molecule has 1 aliphatic rings. The van der Waals surface area contributed by atoms with Gasteiger partial charge in [0.25, 0.3) is 0 Å². The van der Waals surface area contributed by atoms with Crippen molar-refractivity contribution in [2.24, 2.45) is 0 Å². The first-order valence-electron chi connectivity index (χ1n) is 10.2. The van der Waals surface area contributed by atoms with Gasteiger partial charge in [-0.2, -0.15) is 0 Å². The molecule has 0 amide bonds. The van der Waals surface area contributed by atoms with E-state index in [9.17, 15) is 5.11 Å². The van der Waals surface area contributed by atoms with Crippen LogP contribution in [0.4, 0.5) is 0 Å². The van der Waals surface area contributed by atoms with Gasteiger partial charge in [0.05, 0.1) is 0 Å². The summed E-state index contributed by atoms with van der Waals surface area (Å²) in [5.74, 6) is -1.00. The second kappa shape index (κ2) is 7.75. The number of rotatable bonds is 6. The molecule has 0 heterocycles. The summed E-state index contributed by atoms with van der Waals surface area (Å²) >= 11 is 0. The summed E-state index contributed by atoms with van der Waals surface area (Å²) in [4.78, 5) is 0. The molecular weight excluding hydrogens is 360 g/mol. The normalized spacial score (nSPS) is 21.2. The molecule has 4 rings (SSSR count). The minimum Gasteiger partial charge on any atom is -0.380 e. The van der Waals surface area contributed by atoms with E-state index < -0.39 is 11.4 Å². The second-order valence-electron chi connectivity index (χ2n) is 7.65. The van der Waals surface area contributed by atoms with Crippen molar-refractivity contribution in [3.05, 3.63) is 107 Å². The lowest BCUT2D eigenvalue weighted by atomic mass is 9.74. The number of hydrogen-bond donors (Lipinski definition) is 1. The van der Waals surface area contributed by atoms with E-state index in [1.807, 2.05) is 67.6 Å². The maximum absolute atomic E-state index is 12.4. The standard InChI is InChI=1S/C26H28O3/c1-4-25(28-2,29-3)22-16-10-11-17-23(22)26(27)21-15-9-8-14-20(21)18-24(26)19-12-6-5-7-13-19/h5-17,24,27H,4,18H2,1-3H3. The van der Waals surface area contributed by atoms with Crippen molar-refractivity contribution in [1.29, 1.82) is 0 Å². The van der Waals surface area contributed by atoms with E-state index in [1.165, 1.54) is 5.56 Å². The van der Waals surface area contributed by atoms with Crippen molar-refractivity contribution in [2.75, 3.05) is 14.2 Å². The van der Waals surface area contributed by atoms with Crippen molar-refractivity contribution in [3.8, 4) is 0 Å². The van der Waals surface area contributed by atoms with E-state index >= 15 is 0 Å². The minimum absolute atomic E-state index is 0.0921. The van der Waals surface area contributed by atoms with Crippen LogP contribution < -0.4 is 0 Å². The molecule has 2 unspecified atom stereocenters. The maximum atomic E-state index is 12.4. The first-order chi connectivity index (χ1) is 14.1. The zero-order valence-electron chi connectivity index (χ0n) is 17.3. The third-order valence-electron chi connectivity index (χ3n) is 6.43. The van der Waals surface area contributed by atoms with Crippen molar-refractivity contribution >= 4 is 0 Å². The summed E-state index contributed by atoms with van der Waals surface area (Å²) in [7, 11) is 3.32. The molecule has 1 aliphatic carbocycles. The van der Waals surface area contributed by atoms with Crippen LogP contribution in [-0.4, -0.2) is 19.3 Å². The molecule has 29 heavy (non-hydrogen) atoms. The van der Waals surface area contributed by atoms with Crippen molar-refractivity contribution in [2.45, 2.75) is 37.1 Å². The Kier molecular flexibility index (Phi) is 5.30. The summed E-state index contributed by atoms with van der Waals surface area (Å²) in [5.41, 5.74) is 3.79. The molecule has 3 aromatic rings. The Balaban J connectivity index is 1.99. The molecule has 150 valence electrons. The number of hydrogen-bond acceptors (Lipinski definition) is 3. The molecule has 0 fully saturated rings. The van der Waals surface area contributed by atoms with Gasteiger partial charge >= 0.3 is 0 Å². The van der Waals surface area contributed by atoms with Gasteiger partial charge in [-0.3, -0.25) is 0 Å². The van der Waals surface area contributed by atoms with Gasteiger partial charge in [0.15, 0.2) is 5.79 Å². The van der Waals surface area contributed by atoms with Crippen molar-refractivity contribution < 1.29 is 14.6 Å². The van der Waals surface area contributed by atoms with Gasteiger partial charge in [0, 0.05) is 32.1 Å². The van der Waals surface area contributed by atoms with Gasteiger partial charge in [-0.05, 0) is 28.7 Å². The third kappa shape index (κ3) is 3.01. The van der Waals surface area contributed by atoms with Crippen LogP contribution in [0.1, 0.15) is 47.1 Å². The Bertz CT molecular complexity index is 970. The quantitative estimate of drug-likeness (QED) is 0.596. The molecule has 3 nitrogen and oxygen atoms in total. The van der Waals surface area contributed by atoms with E-state index in [0.717, 1.165) is 28.7 Å². The monoisotopic (exact) mass is 388 g/mol. The Morgan fingerprint density at radius 1 is 0.862 bits per heavy atom. The summed E-state index contributed by atoms with van der Waals surface area (Å²) in [6.07, 6.45) is 1.41. The number of ether oxygens (including phenoxy) is 2. The van der Waals surface area contributed by atoms with Crippen LogP contribution in [0, 0.1) is 0 Å². The summed E-state index contributed by atoms with van der Waals surface area (Å²) in [5, 5.41) is 12.4. The third-order valence-corrected chi connectivity index (χ3v) is 6.43. The highest BCUT2D eigenvalue weighted by Crippen LogP contribution is 2.53. The van der Waals surface area contributed by atoms with Crippen LogP contribution in [0.3, 0.4) is 0 Å². The first kappa shape index (κ1) is 19.8. The number of methoxy groups -OCH3 is 2. The molecule has 0 bridgehead atoms. The highest BCUT2D eigenvalue weighted by molar-refractivity contribution is 5.53. The van der Waals surface area contributed by atoms with E-state index in [4.69, 9.17) is 9.47 Å². The summed E-state index contributed by atoms with van der Waals surface area (Å²) < 4.78 is 11.7. The lowest BCUT2D eigenvalue weighted by molar-refractivity contribution is -0.219. The highest BCUT2D eigenvalue weighted by atomic mass is 16.7. The van der Waals surface area contributed by atoms with Gasteiger partial charge in [0.1, 0.15) is 5.60 Å². The fourth-order valence-electron chi connectivity index (χ4n) is 4.93. The maximum Gasteiger partial charge on any atom is 0.194 e. The number of benzene rings is 3. The van der Waals surface area contributed by atoms with Gasteiger partial charge in [0.2, 0.25) is 0 Å². The number of fused-ring (bicyclic) bond motifs is 1. The zero-order valence-corrected chi connectivity index (χ0v) is 17.3. The van der Waals surface area contributed by atoms with Gasteiger partial charge in [-0.25, -0.2) is 0 Å². The Labute approximate surface area is 172 Å². The second-order valence-corrected chi connectivity index (χ2v) is 7.65. The fourth-order valence-corrected chi connectivity index (χ4v) is 4.93. The SMILES string of the molecule is CCC(OC)(OC)c1ccccc1C1(O)c2ccccc2CC1c1ccccc1. The number of aliphatic hydroxyl groups is 1. The average molecular weight is 389 g/mol. The lowest BCUT2D eigenvalue weighted by Crippen LogP contribution is -2.38. The van der Waals surface area contributed by atoms with E-state index in [2.05, 4.69) is 18.2 Å². The largest absolute Gasteiger partial charge is 0.380 e. The van der Waals surface area contributed by atoms with E-state index in [-0.39, 0.29) is 5.92 Å². The molecule has 3 heteroatoms. The molecule has 0 radical (unpaired) electrons. The highest BCUT2D eigenvalue weighted by Gasteiger charge is 2.50. The van der Waals surface area contributed by atoms with Gasteiger partial charge < -0.3 is 14.6 Å². The van der Waals surface area contributed by atoms with E-state index in [1.54, 1.807) is 14.2 Å². The molecular formula is C26H28O3. The Morgan fingerprint density at radius 2 is 1.45 bits per heavy atom. The molecule has 0 saturated heterocycles. The Morgan fingerprint density at radius 3 is 2.10 bits per heavy atom. The fraction of sp³-hybridized carbons (Fsp3) is 0.308. The predicted octanol–water partition coefficient (Wildman–Crippen LogP) is 5.12. The van der Waals surface area contributed by atoms with Gasteiger partial charge in [-0.15, -0.1) is 0 Å². The lowest BCUT2D eigenvalue weighted by Gasteiger charge is -2.39. The van der Waals surface area contributed by atoms with Crippen LogP contribution in [0.5, 0.6) is 0 Å². The summed E-state index contributed by atoms with van der Waals surface area (Å²) in [6, 6.07) is 26.4.